The Morgan fingerprint density at radius 2 is 1.94 bits per heavy atom. The summed E-state index contributed by atoms with van der Waals surface area (Å²) in [4.78, 5) is 3.34. The van der Waals surface area contributed by atoms with Crippen LogP contribution in [0.4, 0.5) is 5.69 Å². The van der Waals surface area contributed by atoms with Gasteiger partial charge in [-0.15, -0.1) is 0 Å². The molecule has 0 radical (unpaired) electrons. The number of fused-ring (bicyclic) bond motifs is 4. The van der Waals surface area contributed by atoms with Crippen LogP contribution in [0.15, 0.2) is 78.6 Å². The third-order valence-electron chi connectivity index (χ3n) is 6.12. The number of rotatable bonds is 2. The van der Waals surface area contributed by atoms with Gasteiger partial charge in [0.1, 0.15) is 0 Å². The highest BCUT2D eigenvalue weighted by Gasteiger charge is 2.33. The van der Waals surface area contributed by atoms with E-state index in [-0.39, 0.29) is 5.92 Å². The number of anilines is 1. The first-order valence-corrected chi connectivity index (χ1v) is 10.2. The van der Waals surface area contributed by atoms with Crippen LogP contribution in [0.3, 0.4) is 0 Å². The summed E-state index contributed by atoms with van der Waals surface area (Å²) in [7, 11) is 0. The highest BCUT2D eigenvalue weighted by molar-refractivity contribution is 6.01. The molecule has 31 heavy (non-hydrogen) atoms. The Morgan fingerprint density at radius 1 is 1.03 bits per heavy atom. The lowest BCUT2D eigenvalue weighted by molar-refractivity contribution is 0.968. The summed E-state index contributed by atoms with van der Waals surface area (Å²) < 4.78 is 0. The molecule has 6 rings (SSSR count). The molecule has 5 nitrogen and oxygen atoms in total. The van der Waals surface area contributed by atoms with Crippen molar-refractivity contribution in [3.8, 4) is 6.07 Å². The molecule has 2 aromatic heterocycles. The number of aryl methyl sites for hydroxylation is 1. The van der Waals surface area contributed by atoms with Gasteiger partial charge in [0, 0.05) is 39.3 Å². The molecule has 0 aliphatic carbocycles. The molecule has 3 N–H and O–H groups in total. The lowest BCUT2D eigenvalue weighted by Crippen LogP contribution is -2.18. The van der Waals surface area contributed by atoms with Crippen LogP contribution in [0.25, 0.3) is 27.5 Å². The number of benzene rings is 3. The lowest BCUT2D eigenvalue weighted by Gasteiger charge is -2.30. The van der Waals surface area contributed by atoms with E-state index in [0.717, 1.165) is 49.9 Å². The molecule has 148 valence electrons. The fourth-order valence-electron chi connectivity index (χ4n) is 4.73. The second-order valence-corrected chi connectivity index (χ2v) is 7.98. The number of para-hydroxylation sites is 1. The number of nitrogens with one attached hydrogen (secondary N) is 3. The van der Waals surface area contributed by atoms with Gasteiger partial charge < -0.3 is 10.3 Å². The van der Waals surface area contributed by atoms with Gasteiger partial charge in [-0.2, -0.15) is 10.4 Å². The van der Waals surface area contributed by atoms with Crippen molar-refractivity contribution in [3.63, 3.8) is 0 Å². The normalized spacial score (nSPS) is 15.7. The molecule has 5 heteroatoms. The molecule has 5 aromatic rings. The van der Waals surface area contributed by atoms with E-state index >= 15 is 0 Å². The molecule has 1 unspecified atom stereocenters. The van der Waals surface area contributed by atoms with Crippen LogP contribution in [0.1, 0.15) is 28.2 Å². The van der Waals surface area contributed by atoms with Crippen LogP contribution in [-0.4, -0.2) is 15.2 Å². The fraction of sp³-hybridized carbons (Fsp3) is 0.0769. The molecular weight excluding hydrogens is 382 g/mol. The van der Waals surface area contributed by atoms with Crippen LogP contribution in [0.2, 0.25) is 0 Å². The number of nitriles is 1. The van der Waals surface area contributed by atoms with Crippen LogP contribution >= 0.6 is 0 Å². The van der Waals surface area contributed by atoms with E-state index in [4.69, 9.17) is 0 Å². The van der Waals surface area contributed by atoms with E-state index in [2.05, 4.69) is 76.0 Å². The molecule has 1 aliphatic rings. The number of H-pyrrole nitrogens is 2. The summed E-state index contributed by atoms with van der Waals surface area (Å²) in [6.07, 6.45) is 3.81. The van der Waals surface area contributed by atoms with E-state index < -0.39 is 0 Å². The average molecular weight is 401 g/mol. The molecule has 1 atom stereocenters. The summed E-state index contributed by atoms with van der Waals surface area (Å²) in [5.41, 5.74) is 8.86. The number of aromatic amines is 2. The van der Waals surface area contributed by atoms with Gasteiger partial charge in [-0.3, -0.25) is 5.10 Å². The third-order valence-corrected chi connectivity index (χ3v) is 6.12. The second kappa shape index (κ2) is 6.61. The third kappa shape index (κ3) is 2.59. The Morgan fingerprint density at radius 3 is 2.81 bits per heavy atom. The Bertz CT molecular complexity index is 1540. The summed E-state index contributed by atoms with van der Waals surface area (Å²) in [6, 6.07) is 23.3. The fourth-order valence-corrected chi connectivity index (χ4v) is 4.73. The average Bonchev–Trinajstić information content (AvgIpc) is 3.44. The minimum absolute atomic E-state index is 0.200. The van der Waals surface area contributed by atoms with Crippen molar-refractivity contribution in [2.24, 2.45) is 0 Å². The van der Waals surface area contributed by atoms with Gasteiger partial charge in [-0.1, -0.05) is 48.0 Å². The Kier molecular flexibility index (Phi) is 3.74. The van der Waals surface area contributed by atoms with E-state index in [9.17, 15) is 5.26 Å². The predicted octanol–water partition coefficient (Wildman–Crippen LogP) is 5.84. The van der Waals surface area contributed by atoms with Crippen LogP contribution < -0.4 is 5.32 Å². The van der Waals surface area contributed by atoms with Crippen molar-refractivity contribution < 1.29 is 0 Å². The second-order valence-electron chi connectivity index (χ2n) is 7.98. The summed E-state index contributed by atoms with van der Waals surface area (Å²) in [5.74, 6) is -0.200. The van der Waals surface area contributed by atoms with Crippen LogP contribution in [0.5, 0.6) is 0 Å². The number of hydrogen-bond donors (Lipinski definition) is 3. The minimum Gasteiger partial charge on any atom is -0.360 e. The van der Waals surface area contributed by atoms with Gasteiger partial charge in [0.05, 0.1) is 35.0 Å². The number of aromatic nitrogens is 3. The maximum Gasteiger partial charge on any atom is 0.0979 e. The maximum atomic E-state index is 10.4. The van der Waals surface area contributed by atoms with Gasteiger partial charge in [0.25, 0.3) is 0 Å². The Balaban J connectivity index is 1.69. The highest BCUT2D eigenvalue weighted by atomic mass is 15.1. The van der Waals surface area contributed by atoms with E-state index in [1.807, 2.05) is 30.6 Å². The zero-order valence-electron chi connectivity index (χ0n) is 16.9. The van der Waals surface area contributed by atoms with E-state index in [0.29, 0.717) is 5.57 Å². The van der Waals surface area contributed by atoms with Crippen molar-refractivity contribution in [3.05, 3.63) is 101 Å². The van der Waals surface area contributed by atoms with Gasteiger partial charge in [0.2, 0.25) is 0 Å². The molecule has 0 spiro atoms. The highest BCUT2D eigenvalue weighted by Crippen LogP contribution is 2.47. The first kappa shape index (κ1) is 17.5. The largest absolute Gasteiger partial charge is 0.360 e. The molecule has 3 heterocycles. The molecule has 0 amide bonds. The molecule has 3 aromatic carbocycles. The zero-order chi connectivity index (χ0) is 20.9. The predicted molar refractivity (Wildman–Crippen MR) is 124 cm³/mol. The molecule has 0 bridgehead atoms. The van der Waals surface area contributed by atoms with Gasteiger partial charge in [0.15, 0.2) is 0 Å². The first-order valence-electron chi connectivity index (χ1n) is 10.2. The van der Waals surface area contributed by atoms with Crippen LogP contribution in [-0.2, 0) is 0 Å². The van der Waals surface area contributed by atoms with Crippen LogP contribution in [0, 0.1) is 18.3 Å². The molecule has 1 aliphatic heterocycles. The molecule has 0 saturated heterocycles. The summed E-state index contributed by atoms with van der Waals surface area (Å²) >= 11 is 0. The van der Waals surface area contributed by atoms with E-state index in [1.54, 1.807) is 0 Å². The standard InChI is InChI=1S/C26H19N5/c1-15-5-4-6-16(11-15)23-19(12-27)26(20-14-28-21-8-3-2-7-18(20)21)30-22-10-9-17-13-29-31-25(17)24(22)23/h2-11,13-14,23,28,30H,1H3,(H,29,31). The lowest BCUT2D eigenvalue weighted by atomic mass is 9.79. The van der Waals surface area contributed by atoms with Gasteiger partial charge >= 0.3 is 0 Å². The maximum absolute atomic E-state index is 10.4. The summed E-state index contributed by atoms with van der Waals surface area (Å²) in [6.45, 7) is 2.08. The van der Waals surface area contributed by atoms with Crippen molar-refractivity contribution >= 4 is 33.2 Å². The van der Waals surface area contributed by atoms with Gasteiger partial charge in [-0.05, 0) is 30.7 Å². The van der Waals surface area contributed by atoms with Gasteiger partial charge in [-0.25, -0.2) is 0 Å². The number of nitrogens with zero attached hydrogens (tertiary/aromatic N) is 2. The number of allylic oxidation sites excluding steroid dienone is 1. The quantitative estimate of drug-likeness (QED) is 0.347. The van der Waals surface area contributed by atoms with E-state index in [1.165, 1.54) is 5.56 Å². The first-order chi connectivity index (χ1) is 15.2. The molecule has 0 saturated carbocycles. The van der Waals surface area contributed by atoms with Crippen molar-refractivity contribution in [1.82, 2.24) is 15.2 Å². The smallest absolute Gasteiger partial charge is 0.0979 e. The molecular formula is C26H19N5. The minimum atomic E-state index is -0.200. The Hall–Kier alpha value is -4.30. The topological polar surface area (TPSA) is 80.3 Å². The Labute approximate surface area is 179 Å². The molecule has 0 fully saturated rings. The number of hydrogen-bond acceptors (Lipinski definition) is 3. The van der Waals surface area contributed by atoms with Crippen molar-refractivity contribution in [2.75, 3.05) is 5.32 Å². The monoisotopic (exact) mass is 401 g/mol. The summed E-state index contributed by atoms with van der Waals surface area (Å²) in [5, 5.41) is 23.5. The zero-order valence-corrected chi connectivity index (χ0v) is 16.9. The SMILES string of the molecule is Cc1cccc(C2C(C#N)=C(c3c[nH]c4ccccc34)Nc3ccc4cn[nH]c4c32)c1. The van der Waals surface area contributed by atoms with Crippen molar-refractivity contribution in [2.45, 2.75) is 12.8 Å². The van der Waals surface area contributed by atoms with Crippen molar-refractivity contribution in [1.29, 1.82) is 5.26 Å².